The van der Waals surface area contributed by atoms with Crippen molar-refractivity contribution in [3.05, 3.63) is 54.1 Å². The lowest BCUT2D eigenvalue weighted by molar-refractivity contribution is 0.229. The molecule has 0 saturated heterocycles. The molecular weight excluding hydrogens is 304 g/mol. The smallest absolute Gasteiger partial charge is 0.321 e. The van der Waals surface area contributed by atoms with Crippen LogP contribution in [0.2, 0.25) is 0 Å². The van der Waals surface area contributed by atoms with Crippen LogP contribution in [0.3, 0.4) is 0 Å². The molecule has 24 heavy (non-hydrogen) atoms. The SMILES string of the molecule is CCOc1ccccc1OCNC(=O)Nc1ccccc1C(C)C. The first kappa shape index (κ1) is 17.7. The summed E-state index contributed by atoms with van der Waals surface area (Å²) in [4.78, 5) is 12.1. The number of carbonyl (C=O) groups excluding carboxylic acids is 1. The van der Waals surface area contributed by atoms with E-state index in [4.69, 9.17) is 9.47 Å². The van der Waals surface area contributed by atoms with E-state index in [0.29, 0.717) is 24.0 Å². The van der Waals surface area contributed by atoms with E-state index in [-0.39, 0.29) is 12.8 Å². The van der Waals surface area contributed by atoms with E-state index in [9.17, 15) is 4.79 Å². The normalized spacial score (nSPS) is 10.3. The molecule has 5 heteroatoms. The first-order valence-corrected chi connectivity index (χ1v) is 8.10. The average molecular weight is 328 g/mol. The standard InChI is InChI=1S/C19H24N2O3/c1-4-23-17-11-7-8-12-18(17)24-13-20-19(22)21-16-10-6-5-9-15(16)14(2)3/h5-12,14H,4,13H2,1-3H3,(H2,20,21,22). The Kier molecular flexibility index (Phi) is 6.49. The van der Waals surface area contributed by atoms with E-state index >= 15 is 0 Å². The lowest BCUT2D eigenvalue weighted by Gasteiger charge is -2.15. The zero-order valence-corrected chi connectivity index (χ0v) is 14.3. The molecule has 2 N–H and O–H groups in total. The van der Waals surface area contributed by atoms with Gasteiger partial charge in [-0.15, -0.1) is 0 Å². The van der Waals surface area contributed by atoms with Gasteiger partial charge in [0.1, 0.15) is 0 Å². The van der Waals surface area contributed by atoms with Crippen LogP contribution in [-0.4, -0.2) is 19.4 Å². The van der Waals surface area contributed by atoms with Gasteiger partial charge in [0.25, 0.3) is 0 Å². The second-order valence-electron chi connectivity index (χ2n) is 5.54. The molecule has 0 radical (unpaired) electrons. The minimum atomic E-state index is -0.308. The quantitative estimate of drug-likeness (QED) is 0.742. The van der Waals surface area contributed by atoms with Crippen LogP contribution < -0.4 is 20.1 Å². The Morgan fingerprint density at radius 3 is 2.29 bits per heavy atom. The van der Waals surface area contributed by atoms with Crippen LogP contribution in [0.15, 0.2) is 48.5 Å². The molecule has 0 spiro atoms. The van der Waals surface area contributed by atoms with Crippen molar-refractivity contribution < 1.29 is 14.3 Å². The highest BCUT2D eigenvalue weighted by Gasteiger charge is 2.09. The van der Waals surface area contributed by atoms with E-state index in [2.05, 4.69) is 24.5 Å². The molecule has 0 atom stereocenters. The summed E-state index contributed by atoms with van der Waals surface area (Å²) in [6, 6.07) is 14.8. The van der Waals surface area contributed by atoms with Gasteiger partial charge in [-0.25, -0.2) is 4.79 Å². The molecular formula is C19H24N2O3. The molecule has 0 fully saturated rings. The zero-order chi connectivity index (χ0) is 17.4. The summed E-state index contributed by atoms with van der Waals surface area (Å²) in [7, 11) is 0. The van der Waals surface area contributed by atoms with Gasteiger partial charge in [0, 0.05) is 5.69 Å². The average Bonchev–Trinajstić information content (AvgIpc) is 2.57. The third-order valence-corrected chi connectivity index (χ3v) is 3.44. The van der Waals surface area contributed by atoms with Gasteiger partial charge in [-0.05, 0) is 36.6 Å². The Labute approximate surface area is 143 Å². The highest BCUT2D eigenvalue weighted by Crippen LogP contribution is 2.26. The number of hydrogen-bond donors (Lipinski definition) is 2. The van der Waals surface area contributed by atoms with Crippen molar-refractivity contribution in [3.8, 4) is 11.5 Å². The van der Waals surface area contributed by atoms with Crippen LogP contribution in [0.1, 0.15) is 32.3 Å². The lowest BCUT2D eigenvalue weighted by Crippen LogP contribution is -2.32. The van der Waals surface area contributed by atoms with Gasteiger partial charge in [0.05, 0.1) is 6.61 Å². The molecule has 0 bridgehead atoms. The van der Waals surface area contributed by atoms with Crippen molar-refractivity contribution in [1.29, 1.82) is 0 Å². The maximum absolute atomic E-state index is 12.1. The number of ether oxygens (including phenoxy) is 2. The molecule has 0 aliphatic heterocycles. The van der Waals surface area contributed by atoms with Crippen molar-refractivity contribution in [2.75, 3.05) is 18.7 Å². The van der Waals surface area contributed by atoms with Gasteiger partial charge in [-0.2, -0.15) is 0 Å². The molecule has 0 unspecified atom stereocenters. The number of urea groups is 1. The molecule has 0 aliphatic carbocycles. The minimum absolute atomic E-state index is 0.0553. The fourth-order valence-corrected chi connectivity index (χ4v) is 2.30. The summed E-state index contributed by atoms with van der Waals surface area (Å²) in [5.74, 6) is 1.59. The summed E-state index contributed by atoms with van der Waals surface area (Å²) in [6.07, 6.45) is 0. The van der Waals surface area contributed by atoms with Crippen LogP contribution in [0.5, 0.6) is 11.5 Å². The summed E-state index contributed by atoms with van der Waals surface area (Å²) in [5, 5.41) is 5.54. The first-order valence-electron chi connectivity index (χ1n) is 8.10. The second kappa shape index (κ2) is 8.82. The number of para-hydroxylation sites is 3. The van der Waals surface area contributed by atoms with Crippen LogP contribution in [0.25, 0.3) is 0 Å². The number of anilines is 1. The van der Waals surface area contributed by atoms with Crippen molar-refractivity contribution in [2.24, 2.45) is 0 Å². The number of amides is 2. The van der Waals surface area contributed by atoms with E-state index in [1.54, 1.807) is 6.07 Å². The Morgan fingerprint density at radius 2 is 1.62 bits per heavy atom. The number of benzene rings is 2. The number of rotatable bonds is 7. The predicted molar refractivity (Wildman–Crippen MR) is 95.8 cm³/mol. The second-order valence-corrected chi connectivity index (χ2v) is 5.54. The Bertz CT molecular complexity index is 671. The molecule has 2 rings (SSSR count). The fourth-order valence-electron chi connectivity index (χ4n) is 2.30. The number of carbonyl (C=O) groups is 1. The molecule has 128 valence electrons. The Morgan fingerprint density at radius 1 is 1.00 bits per heavy atom. The molecule has 0 aromatic heterocycles. The van der Waals surface area contributed by atoms with Gasteiger partial charge < -0.3 is 20.1 Å². The summed E-state index contributed by atoms with van der Waals surface area (Å²) in [6.45, 7) is 6.70. The van der Waals surface area contributed by atoms with Crippen LogP contribution >= 0.6 is 0 Å². The molecule has 0 heterocycles. The molecule has 0 aliphatic rings. The highest BCUT2D eigenvalue weighted by atomic mass is 16.5. The molecule has 2 amide bonds. The highest BCUT2D eigenvalue weighted by molar-refractivity contribution is 5.90. The maximum atomic E-state index is 12.1. The van der Waals surface area contributed by atoms with Gasteiger partial charge >= 0.3 is 6.03 Å². The fraction of sp³-hybridized carbons (Fsp3) is 0.316. The molecule has 5 nitrogen and oxygen atoms in total. The van der Waals surface area contributed by atoms with Crippen LogP contribution in [0.4, 0.5) is 10.5 Å². The van der Waals surface area contributed by atoms with Crippen molar-refractivity contribution in [2.45, 2.75) is 26.7 Å². The Hall–Kier alpha value is -2.69. The molecule has 2 aromatic rings. The lowest BCUT2D eigenvalue weighted by atomic mass is 10.0. The third-order valence-electron chi connectivity index (χ3n) is 3.44. The summed E-state index contributed by atoms with van der Waals surface area (Å²) in [5.41, 5.74) is 1.90. The van der Waals surface area contributed by atoms with Crippen molar-refractivity contribution >= 4 is 11.7 Å². The first-order chi connectivity index (χ1) is 11.6. The van der Waals surface area contributed by atoms with Crippen LogP contribution in [0, 0.1) is 0 Å². The van der Waals surface area contributed by atoms with Gasteiger partial charge in [0.15, 0.2) is 18.2 Å². The van der Waals surface area contributed by atoms with Crippen molar-refractivity contribution in [3.63, 3.8) is 0 Å². The summed E-state index contributed by atoms with van der Waals surface area (Å²) >= 11 is 0. The van der Waals surface area contributed by atoms with E-state index in [0.717, 1.165) is 11.3 Å². The van der Waals surface area contributed by atoms with Gasteiger partial charge in [-0.1, -0.05) is 44.2 Å². The zero-order valence-electron chi connectivity index (χ0n) is 14.3. The Balaban J connectivity index is 1.88. The van der Waals surface area contributed by atoms with Gasteiger partial charge in [0.2, 0.25) is 0 Å². The van der Waals surface area contributed by atoms with E-state index < -0.39 is 0 Å². The maximum Gasteiger partial charge on any atom is 0.321 e. The third kappa shape index (κ3) is 4.91. The number of hydrogen-bond acceptors (Lipinski definition) is 3. The minimum Gasteiger partial charge on any atom is -0.490 e. The number of nitrogens with one attached hydrogen (secondary N) is 2. The van der Waals surface area contributed by atoms with E-state index in [1.165, 1.54) is 0 Å². The summed E-state index contributed by atoms with van der Waals surface area (Å²) < 4.78 is 11.1. The van der Waals surface area contributed by atoms with Crippen molar-refractivity contribution in [1.82, 2.24) is 5.32 Å². The van der Waals surface area contributed by atoms with Gasteiger partial charge in [-0.3, -0.25) is 0 Å². The van der Waals surface area contributed by atoms with E-state index in [1.807, 2.05) is 49.4 Å². The topological polar surface area (TPSA) is 59.6 Å². The van der Waals surface area contributed by atoms with Crippen LogP contribution in [-0.2, 0) is 0 Å². The molecule has 2 aromatic carbocycles. The molecule has 0 saturated carbocycles. The largest absolute Gasteiger partial charge is 0.490 e. The monoisotopic (exact) mass is 328 g/mol. The predicted octanol–water partition coefficient (Wildman–Crippen LogP) is 4.37.